The summed E-state index contributed by atoms with van der Waals surface area (Å²) in [4.78, 5) is 23.2. The number of aliphatic hydroxyl groups excluding tert-OH is 7. The van der Waals surface area contributed by atoms with Gasteiger partial charge in [-0.15, -0.1) is 0 Å². The lowest BCUT2D eigenvalue weighted by Crippen LogP contribution is -2.64. The molecule has 0 aromatic carbocycles. The standard InChI is InChI=1S/C39H74NO12P/c1-3-5-7-9-11-13-14-15-16-17-18-19-20-22-24-26-30(41)28-33(43)40-31(32(42)27-25-23-21-12-10-8-6-4-2)29-51-53(49,50)52-39-37(47)35(45)34(44)36(46)38(39)48/h10,12,25,27,30-32,34-39,41-42,44-48H,3-9,11,13-24,26,28-29H2,1-2H3,(H,40,43)(H,49,50)/b12-10+,27-25+. The molecular formula is C39H74NO12P. The molecule has 312 valence electrons. The fourth-order valence-electron chi connectivity index (χ4n) is 6.36. The summed E-state index contributed by atoms with van der Waals surface area (Å²) in [5.41, 5.74) is 0. The molecule has 9 N–H and O–H groups in total. The van der Waals surface area contributed by atoms with Gasteiger partial charge in [-0.05, 0) is 25.7 Å². The molecule has 1 saturated carbocycles. The molecule has 1 aliphatic carbocycles. The Morgan fingerprint density at radius 2 is 1.11 bits per heavy atom. The Hall–Kier alpha value is -1.22. The van der Waals surface area contributed by atoms with Gasteiger partial charge >= 0.3 is 7.82 Å². The first-order valence-corrected chi connectivity index (χ1v) is 21.9. The summed E-state index contributed by atoms with van der Waals surface area (Å²) in [5, 5.41) is 73.9. The highest BCUT2D eigenvalue weighted by molar-refractivity contribution is 7.47. The number of nitrogens with one attached hydrogen (secondary N) is 1. The molecule has 0 saturated heterocycles. The van der Waals surface area contributed by atoms with Gasteiger partial charge in [-0.2, -0.15) is 0 Å². The highest BCUT2D eigenvalue weighted by atomic mass is 31.2. The minimum Gasteiger partial charge on any atom is -0.393 e. The maximum Gasteiger partial charge on any atom is 0.472 e. The lowest BCUT2D eigenvalue weighted by molar-refractivity contribution is -0.220. The summed E-state index contributed by atoms with van der Waals surface area (Å²) in [7, 11) is -5.13. The van der Waals surface area contributed by atoms with Crippen LogP contribution in [-0.4, -0.2) is 108 Å². The molecule has 0 aromatic heterocycles. The van der Waals surface area contributed by atoms with Crippen molar-refractivity contribution < 1.29 is 59.0 Å². The van der Waals surface area contributed by atoms with Crippen LogP contribution in [0, 0.1) is 0 Å². The van der Waals surface area contributed by atoms with Gasteiger partial charge in [0.05, 0.1) is 31.3 Å². The third-order valence-electron chi connectivity index (χ3n) is 9.79. The van der Waals surface area contributed by atoms with E-state index in [0.717, 1.165) is 51.4 Å². The lowest BCUT2D eigenvalue weighted by Gasteiger charge is -2.41. The monoisotopic (exact) mass is 779 g/mol. The van der Waals surface area contributed by atoms with Crippen molar-refractivity contribution in [3.05, 3.63) is 24.3 Å². The molecule has 0 heterocycles. The number of phosphoric acid groups is 1. The van der Waals surface area contributed by atoms with Gasteiger partial charge in [0.25, 0.3) is 0 Å². The van der Waals surface area contributed by atoms with Crippen LogP contribution in [0.25, 0.3) is 0 Å². The average molecular weight is 780 g/mol. The molecule has 0 bridgehead atoms. The van der Waals surface area contributed by atoms with Gasteiger partial charge in [-0.25, -0.2) is 4.57 Å². The third-order valence-corrected chi connectivity index (χ3v) is 10.8. The molecular weight excluding hydrogens is 705 g/mol. The Morgan fingerprint density at radius 1 is 0.660 bits per heavy atom. The normalized spacial score (nSPS) is 25.1. The Labute approximate surface area is 318 Å². The fraction of sp³-hybridized carbons (Fsp3) is 0.872. The van der Waals surface area contributed by atoms with E-state index in [1.165, 1.54) is 76.7 Å². The van der Waals surface area contributed by atoms with Crippen LogP contribution in [-0.2, 0) is 18.4 Å². The van der Waals surface area contributed by atoms with Crippen molar-refractivity contribution in [1.29, 1.82) is 0 Å². The molecule has 1 aliphatic rings. The number of carbonyl (C=O) groups is 1. The zero-order valence-corrected chi connectivity index (χ0v) is 33.3. The van der Waals surface area contributed by atoms with E-state index in [4.69, 9.17) is 9.05 Å². The van der Waals surface area contributed by atoms with Crippen LogP contribution in [0.5, 0.6) is 0 Å². The van der Waals surface area contributed by atoms with Crippen LogP contribution in [0.3, 0.4) is 0 Å². The zero-order chi connectivity index (χ0) is 39.5. The van der Waals surface area contributed by atoms with Crippen LogP contribution in [0.4, 0.5) is 0 Å². The Morgan fingerprint density at radius 3 is 1.64 bits per heavy atom. The van der Waals surface area contributed by atoms with Gasteiger partial charge in [0.1, 0.15) is 36.6 Å². The summed E-state index contributed by atoms with van der Waals surface area (Å²) in [6, 6.07) is -1.25. The predicted molar refractivity (Wildman–Crippen MR) is 206 cm³/mol. The van der Waals surface area contributed by atoms with Crippen molar-refractivity contribution in [2.75, 3.05) is 6.61 Å². The Balaban J connectivity index is 2.56. The second-order valence-corrected chi connectivity index (χ2v) is 16.1. The maximum atomic E-state index is 12.9. The summed E-state index contributed by atoms with van der Waals surface area (Å²) >= 11 is 0. The molecule has 8 atom stereocenters. The molecule has 53 heavy (non-hydrogen) atoms. The first-order valence-electron chi connectivity index (χ1n) is 20.4. The predicted octanol–water partition coefficient (Wildman–Crippen LogP) is 5.25. The molecule has 1 fully saturated rings. The molecule has 13 nitrogen and oxygen atoms in total. The van der Waals surface area contributed by atoms with Gasteiger partial charge in [-0.3, -0.25) is 13.8 Å². The molecule has 0 aromatic rings. The minimum absolute atomic E-state index is 0.250. The summed E-state index contributed by atoms with van der Waals surface area (Å²) < 4.78 is 22.7. The van der Waals surface area contributed by atoms with Gasteiger partial charge in [0.15, 0.2) is 0 Å². The van der Waals surface area contributed by atoms with E-state index in [2.05, 4.69) is 25.2 Å². The van der Waals surface area contributed by atoms with Gasteiger partial charge in [0.2, 0.25) is 5.91 Å². The van der Waals surface area contributed by atoms with Crippen molar-refractivity contribution in [1.82, 2.24) is 5.32 Å². The molecule has 1 rings (SSSR count). The molecule has 0 radical (unpaired) electrons. The zero-order valence-electron chi connectivity index (χ0n) is 32.4. The number of allylic oxidation sites excluding steroid dienone is 3. The lowest BCUT2D eigenvalue weighted by atomic mass is 9.85. The number of amides is 1. The van der Waals surface area contributed by atoms with Gasteiger partial charge in [0, 0.05) is 0 Å². The number of hydrogen-bond acceptors (Lipinski definition) is 11. The third kappa shape index (κ3) is 22.8. The van der Waals surface area contributed by atoms with Gasteiger partial charge in [-0.1, -0.05) is 147 Å². The van der Waals surface area contributed by atoms with Crippen LogP contribution in [0.2, 0.25) is 0 Å². The molecule has 8 unspecified atom stereocenters. The second-order valence-electron chi connectivity index (χ2n) is 14.7. The van der Waals surface area contributed by atoms with Crippen LogP contribution >= 0.6 is 7.82 Å². The van der Waals surface area contributed by atoms with Crippen LogP contribution < -0.4 is 5.32 Å². The van der Waals surface area contributed by atoms with E-state index < -0.39 is 75.2 Å². The smallest absolute Gasteiger partial charge is 0.393 e. The number of phosphoric ester groups is 1. The van der Waals surface area contributed by atoms with E-state index in [0.29, 0.717) is 12.8 Å². The molecule has 1 amide bonds. The first kappa shape index (κ1) is 49.8. The highest BCUT2D eigenvalue weighted by Crippen LogP contribution is 2.47. The molecule has 14 heteroatoms. The number of unbranched alkanes of at least 4 members (excludes halogenated alkanes) is 17. The quantitative estimate of drug-likeness (QED) is 0.0243. The first-order chi connectivity index (χ1) is 25.3. The Kier molecular flexibility index (Phi) is 28.2. The summed E-state index contributed by atoms with van der Waals surface area (Å²) in [6.07, 6.45) is 16.0. The largest absolute Gasteiger partial charge is 0.472 e. The van der Waals surface area contributed by atoms with E-state index in [1.807, 2.05) is 6.08 Å². The van der Waals surface area contributed by atoms with Crippen molar-refractivity contribution in [3.8, 4) is 0 Å². The number of rotatable bonds is 32. The number of carbonyl (C=O) groups excluding carboxylic acids is 1. The maximum absolute atomic E-state index is 12.9. The van der Waals surface area contributed by atoms with E-state index >= 15 is 0 Å². The highest BCUT2D eigenvalue weighted by Gasteiger charge is 2.51. The number of hydrogen-bond donors (Lipinski definition) is 9. The molecule has 0 aliphatic heterocycles. The summed E-state index contributed by atoms with van der Waals surface area (Å²) in [6.45, 7) is 3.61. The average Bonchev–Trinajstić information content (AvgIpc) is 3.12. The van der Waals surface area contributed by atoms with Gasteiger partial charge < -0.3 is 46.0 Å². The topological polar surface area (TPSA) is 226 Å². The minimum atomic E-state index is -5.13. The SMILES string of the molecule is CCCC/C=C/CC/C=C/C(O)C(COP(=O)(O)OC1C(O)C(O)C(O)C(O)C1O)NC(=O)CC(O)CCCCCCCCCCCCCCCCC. The summed E-state index contributed by atoms with van der Waals surface area (Å²) in [5.74, 6) is -0.606. The van der Waals surface area contributed by atoms with Crippen molar-refractivity contribution in [2.24, 2.45) is 0 Å². The second kappa shape index (κ2) is 30.0. The Bertz CT molecular complexity index is 1020. The van der Waals surface area contributed by atoms with E-state index in [1.54, 1.807) is 6.08 Å². The van der Waals surface area contributed by atoms with Crippen LogP contribution in [0.1, 0.15) is 155 Å². The number of aliphatic hydroxyl groups is 7. The molecule has 0 spiro atoms. The fourth-order valence-corrected chi connectivity index (χ4v) is 7.33. The van der Waals surface area contributed by atoms with Crippen molar-refractivity contribution >= 4 is 13.7 Å². The van der Waals surface area contributed by atoms with Crippen molar-refractivity contribution in [2.45, 2.75) is 210 Å². The van der Waals surface area contributed by atoms with E-state index in [-0.39, 0.29) is 6.42 Å². The van der Waals surface area contributed by atoms with E-state index in [9.17, 15) is 50.0 Å². The van der Waals surface area contributed by atoms with Crippen LogP contribution in [0.15, 0.2) is 24.3 Å². The van der Waals surface area contributed by atoms with Crippen molar-refractivity contribution in [3.63, 3.8) is 0 Å².